The number of hydrogen-bond acceptors (Lipinski definition) is 3. The fraction of sp³-hybridized carbons (Fsp3) is 0.857. The van der Waals surface area contributed by atoms with Gasteiger partial charge in [-0.2, -0.15) is 0 Å². The molecule has 2 N–H and O–H groups in total. The molecule has 0 aliphatic carbocycles. The monoisotopic (exact) mass is 273 g/mol. The second-order valence-electron chi connectivity index (χ2n) is 5.22. The molecule has 0 radical (unpaired) electrons. The van der Waals surface area contributed by atoms with Crippen LogP contribution >= 0.6 is 0 Å². The first-order valence-corrected chi connectivity index (χ1v) is 6.91. The SMILES string of the molecule is COC(C)CCC(=O)NC(C)CCCC(C)C(=O)O. The molecule has 5 heteroatoms. The largest absolute Gasteiger partial charge is 0.481 e. The van der Waals surface area contributed by atoms with Gasteiger partial charge in [-0.3, -0.25) is 9.59 Å². The minimum absolute atomic E-state index is 0.0303. The quantitative estimate of drug-likeness (QED) is 0.640. The molecule has 0 aliphatic rings. The molecule has 112 valence electrons. The Morgan fingerprint density at radius 3 is 2.32 bits per heavy atom. The Morgan fingerprint density at radius 2 is 1.79 bits per heavy atom. The molecule has 19 heavy (non-hydrogen) atoms. The number of nitrogens with one attached hydrogen (secondary N) is 1. The topological polar surface area (TPSA) is 75.6 Å². The Kier molecular flexibility index (Phi) is 9.21. The molecule has 0 aromatic rings. The van der Waals surface area contributed by atoms with Crippen molar-refractivity contribution in [2.75, 3.05) is 7.11 Å². The van der Waals surface area contributed by atoms with Crippen LogP contribution in [0.5, 0.6) is 0 Å². The lowest BCUT2D eigenvalue weighted by Crippen LogP contribution is -2.33. The average molecular weight is 273 g/mol. The highest BCUT2D eigenvalue weighted by Gasteiger charge is 2.12. The van der Waals surface area contributed by atoms with Crippen molar-refractivity contribution in [1.82, 2.24) is 5.32 Å². The molecule has 0 aromatic heterocycles. The Balaban J connectivity index is 3.70. The number of carboxylic acid groups (broad SMARTS) is 1. The lowest BCUT2D eigenvalue weighted by Gasteiger charge is -2.15. The minimum atomic E-state index is -0.759. The third-order valence-corrected chi connectivity index (χ3v) is 3.28. The Bertz CT molecular complexity index is 281. The van der Waals surface area contributed by atoms with Crippen LogP contribution in [0.1, 0.15) is 52.9 Å². The highest BCUT2D eigenvalue weighted by Crippen LogP contribution is 2.10. The van der Waals surface area contributed by atoms with E-state index in [1.807, 2.05) is 13.8 Å². The van der Waals surface area contributed by atoms with Gasteiger partial charge >= 0.3 is 5.97 Å². The summed E-state index contributed by atoms with van der Waals surface area (Å²) in [7, 11) is 1.63. The number of carbonyl (C=O) groups is 2. The summed E-state index contributed by atoms with van der Waals surface area (Å²) in [6, 6.07) is 0.0892. The Hall–Kier alpha value is -1.10. The van der Waals surface area contributed by atoms with Gasteiger partial charge in [0.25, 0.3) is 0 Å². The highest BCUT2D eigenvalue weighted by molar-refractivity contribution is 5.76. The molecule has 0 aromatic carbocycles. The summed E-state index contributed by atoms with van der Waals surface area (Å²) < 4.78 is 5.08. The van der Waals surface area contributed by atoms with Crippen molar-refractivity contribution < 1.29 is 19.4 Å². The van der Waals surface area contributed by atoms with Crippen LogP contribution in [0, 0.1) is 5.92 Å². The predicted octanol–water partition coefficient (Wildman–Crippen LogP) is 2.20. The normalized spacial score (nSPS) is 15.6. The second kappa shape index (κ2) is 9.78. The van der Waals surface area contributed by atoms with E-state index in [1.165, 1.54) is 0 Å². The number of carbonyl (C=O) groups excluding carboxylic acids is 1. The first-order valence-electron chi connectivity index (χ1n) is 6.91. The van der Waals surface area contributed by atoms with E-state index in [1.54, 1.807) is 14.0 Å². The van der Waals surface area contributed by atoms with Gasteiger partial charge < -0.3 is 15.2 Å². The van der Waals surface area contributed by atoms with E-state index in [4.69, 9.17) is 9.84 Å². The van der Waals surface area contributed by atoms with Crippen molar-refractivity contribution in [3.8, 4) is 0 Å². The number of amides is 1. The van der Waals surface area contributed by atoms with Crippen molar-refractivity contribution in [2.45, 2.75) is 65.0 Å². The van der Waals surface area contributed by atoms with E-state index in [9.17, 15) is 9.59 Å². The van der Waals surface area contributed by atoms with Crippen LogP contribution in [0.3, 0.4) is 0 Å². The Labute approximate surface area is 115 Å². The third kappa shape index (κ3) is 9.47. The van der Waals surface area contributed by atoms with E-state index < -0.39 is 5.97 Å². The van der Waals surface area contributed by atoms with Crippen molar-refractivity contribution in [2.24, 2.45) is 5.92 Å². The summed E-state index contributed by atoms with van der Waals surface area (Å²) >= 11 is 0. The molecule has 0 aliphatic heterocycles. The van der Waals surface area contributed by atoms with Gasteiger partial charge in [0.05, 0.1) is 12.0 Å². The van der Waals surface area contributed by atoms with Crippen LogP contribution in [0.25, 0.3) is 0 Å². The van der Waals surface area contributed by atoms with Crippen molar-refractivity contribution in [3.63, 3.8) is 0 Å². The Morgan fingerprint density at radius 1 is 1.16 bits per heavy atom. The van der Waals surface area contributed by atoms with Gasteiger partial charge in [-0.05, 0) is 33.1 Å². The van der Waals surface area contributed by atoms with E-state index >= 15 is 0 Å². The summed E-state index contributed by atoms with van der Waals surface area (Å²) in [5, 5.41) is 11.7. The van der Waals surface area contributed by atoms with Crippen molar-refractivity contribution >= 4 is 11.9 Å². The van der Waals surface area contributed by atoms with Gasteiger partial charge in [-0.15, -0.1) is 0 Å². The zero-order valence-corrected chi connectivity index (χ0v) is 12.4. The number of carboxylic acids is 1. The maximum absolute atomic E-state index is 11.6. The van der Waals surface area contributed by atoms with Crippen LogP contribution in [-0.2, 0) is 14.3 Å². The molecule has 0 rings (SSSR count). The molecule has 5 nitrogen and oxygen atoms in total. The fourth-order valence-electron chi connectivity index (χ4n) is 1.73. The summed E-state index contributed by atoms with van der Waals surface area (Å²) in [4.78, 5) is 22.3. The number of aliphatic carboxylic acids is 1. The highest BCUT2D eigenvalue weighted by atomic mass is 16.5. The van der Waals surface area contributed by atoms with E-state index in [2.05, 4.69) is 5.32 Å². The molecular formula is C14H27NO4. The fourth-order valence-corrected chi connectivity index (χ4v) is 1.73. The molecule has 0 saturated carbocycles. The zero-order chi connectivity index (χ0) is 14.8. The van der Waals surface area contributed by atoms with Crippen LogP contribution in [0.2, 0.25) is 0 Å². The molecule has 3 atom stereocenters. The van der Waals surface area contributed by atoms with Gasteiger partial charge in [0.1, 0.15) is 0 Å². The van der Waals surface area contributed by atoms with Gasteiger partial charge in [0.15, 0.2) is 0 Å². The summed E-state index contributed by atoms with van der Waals surface area (Å²) in [5.74, 6) is -1.04. The van der Waals surface area contributed by atoms with Crippen LogP contribution in [0.4, 0.5) is 0 Å². The zero-order valence-electron chi connectivity index (χ0n) is 12.4. The van der Waals surface area contributed by atoms with Crippen LogP contribution in [0.15, 0.2) is 0 Å². The second-order valence-corrected chi connectivity index (χ2v) is 5.22. The van der Waals surface area contributed by atoms with Gasteiger partial charge in [-0.1, -0.05) is 13.3 Å². The van der Waals surface area contributed by atoms with Gasteiger partial charge in [-0.25, -0.2) is 0 Å². The van der Waals surface area contributed by atoms with Crippen molar-refractivity contribution in [3.05, 3.63) is 0 Å². The van der Waals surface area contributed by atoms with Gasteiger partial charge in [0.2, 0.25) is 5.91 Å². The predicted molar refractivity (Wildman–Crippen MR) is 74.0 cm³/mol. The summed E-state index contributed by atoms with van der Waals surface area (Å²) in [5.41, 5.74) is 0. The molecule has 1 amide bonds. The first-order chi connectivity index (χ1) is 8.86. The molecular weight excluding hydrogens is 246 g/mol. The maximum Gasteiger partial charge on any atom is 0.306 e. The molecule has 0 saturated heterocycles. The first kappa shape index (κ1) is 17.9. The average Bonchev–Trinajstić information content (AvgIpc) is 2.35. The third-order valence-electron chi connectivity index (χ3n) is 3.28. The van der Waals surface area contributed by atoms with Crippen LogP contribution in [-0.4, -0.2) is 36.2 Å². The maximum atomic E-state index is 11.6. The van der Waals surface area contributed by atoms with Gasteiger partial charge in [0, 0.05) is 19.6 Å². The molecule has 0 bridgehead atoms. The van der Waals surface area contributed by atoms with E-state index in [0.29, 0.717) is 19.3 Å². The molecule has 3 unspecified atom stereocenters. The van der Waals surface area contributed by atoms with E-state index in [0.717, 1.165) is 12.8 Å². The number of ether oxygens (including phenoxy) is 1. The smallest absolute Gasteiger partial charge is 0.306 e. The number of rotatable bonds is 10. The molecule has 0 spiro atoms. The van der Waals surface area contributed by atoms with Crippen LogP contribution < -0.4 is 5.32 Å². The number of hydrogen-bond donors (Lipinski definition) is 2. The lowest BCUT2D eigenvalue weighted by molar-refractivity contribution is -0.141. The number of methoxy groups -OCH3 is 1. The van der Waals surface area contributed by atoms with Crippen molar-refractivity contribution in [1.29, 1.82) is 0 Å². The summed E-state index contributed by atoms with van der Waals surface area (Å²) in [6.07, 6.45) is 3.54. The molecule has 0 fully saturated rings. The lowest BCUT2D eigenvalue weighted by atomic mass is 10.0. The molecule has 0 heterocycles. The van der Waals surface area contributed by atoms with E-state index in [-0.39, 0.29) is 24.0 Å². The minimum Gasteiger partial charge on any atom is -0.481 e. The standard InChI is InChI=1S/C14H27NO4/c1-10(14(17)18)6-5-7-11(2)15-13(16)9-8-12(3)19-4/h10-12H,5-9H2,1-4H3,(H,15,16)(H,17,18). The summed E-state index contributed by atoms with van der Waals surface area (Å²) in [6.45, 7) is 5.59.